The Kier molecular flexibility index (Phi) is 4.63. The molecule has 0 saturated carbocycles. The van der Waals surface area contributed by atoms with Gasteiger partial charge in [-0.1, -0.05) is 23.9 Å². The number of anilines is 1. The van der Waals surface area contributed by atoms with Gasteiger partial charge in [0.15, 0.2) is 5.16 Å². The number of nitrogen functional groups attached to an aromatic ring is 1. The summed E-state index contributed by atoms with van der Waals surface area (Å²) in [5, 5.41) is 0.692. The molecule has 0 atom stereocenters. The highest BCUT2D eigenvalue weighted by atomic mass is 32.2. The van der Waals surface area contributed by atoms with E-state index < -0.39 is 0 Å². The van der Waals surface area contributed by atoms with Crippen LogP contribution in [0.15, 0.2) is 40.3 Å². The lowest BCUT2D eigenvalue weighted by molar-refractivity contribution is 0.891. The van der Waals surface area contributed by atoms with E-state index in [1.807, 2.05) is 25.1 Å². The smallest absolute Gasteiger partial charge is 0.251 e. The van der Waals surface area contributed by atoms with Gasteiger partial charge in [-0.15, -0.1) is 0 Å². The van der Waals surface area contributed by atoms with Gasteiger partial charge in [0.05, 0.1) is 0 Å². The Morgan fingerprint density at radius 2 is 2.21 bits per heavy atom. The zero-order valence-electron chi connectivity index (χ0n) is 10.8. The third kappa shape index (κ3) is 4.44. The van der Waals surface area contributed by atoms with E-state index in [0.717, 1.165) is 30.0 Å². The van der Waals surface area contributed by atoms with Gasteiger partial charge < -0.3 is 10.7 Å². The van der Waals surface area contributed by atoms with Crippen molar-refractivity contribution in [3.8, 4) is 0 Å². The third-order valence-electron chi connectivity index (χ3n) is 2.65. The van der Waals surface area contributed by atoms with Crippen molar-refractivity contribution in [2.75, 3.05) is 11.5 Å². The molecule has 0 fully saturated rings. The van der Waals surface area contributed by atoms with Crippen LogP contribution in [0.4, 0.5) is 5.69 Å². The molecule has 0 amide bonds. The van der Waals surface area contributed by atoms with Crippen molar-refractivity contribution in [2.24, 2.45) is 0 Å². The highest BCUT2D eigenvalue weighted by Gasteiger charge is 2.00. The molecule has 2 rings (SSSR count). The Balaban J connectivity index is 1.82. The van der Waals surface area contributed by atoms with Gasteiger partial charge in [-0.25, -0.2) is 4.98 Å². The number of H-pyrrole nitrogens is 1. The lowest BCUT2D eigenvalue weighted by atomic mass is 10.1. The van der Waals surface area contributed by atoms with E-state index in [1.54, 1.807) is 11.8 Å². The number of aryl methyl sites for hydroxylation is 2. The van der Waals surface area contributed by atoms with E-state index in [0.29, 0.717) is 5.16 Å². The third-order valence-corrected chi connectivity index (χ3v) is 3.61. The summed E-state index contributed by atoms with van der Waals surface area (Å²) in [6.45, 7) is 1.83. The van der Waals surface area contributed by atoms with Crippen molar-refractivity contribution in [3.63, 3.8) is 0 Å². The Labute approximate surface area is 116 Å². The fourth-order valence-corrected chi connectivity index (χ4v) is 2.68. The molecule has 0 aliphatic heterocycles. The normalized spacial score (nSPS) is 10.6. The number of nitrogens with one attached hydrogen (secondary N) is 1. The van der Waals surface area contributed by atoms with Gasteiger partial charge in [-0.2, -0.15) is 0 Å². The molecular formula is C14H17N3OS. The standard InChI is InChI=1S/C14H17N3OS/c1-10-8-13(18)17-14(16-10)19-7-3-5-11-4-2-6-12(15)9-11/h2,4,6,8-9H,3,5,7,15H2,1H3,(H,16,17,18). The minimum atomic E-state index is -0.0918. The lowest BCUT2D eigenvalue weighted by Crippen LogP contribution is -2.08. The minimum absolute atomic E-state index is 0.0918. The number of rotatable bonds is 5. The van der Waals surface area contributed by atoms with Gasteiger partial charge in [0.1, 0.15) is 0 Å². The average Bonchev–Trinajstić information content (AvgIpc) is 2.34. The summed E-state index contributed by atoms with van der Waals surface area (Å²) in [6.07, 6.45) is 2.00. The van der Waals surface area contributed by atoms with Crippen LogP contribution in [0.3, 0.4) is 0 Å². The van der Waals surface area contributed by atoms with Gasteiger partial charge >= 0.3 is 0 Å². The molecule has 3 N–H and O–H groups in total. The molecule has 4 nitrogen and oxygen atoms in total. The first kappa shape index (κ1) is 13.7. The largest absolute Gasteiger partial charge is 0.399 e. The molecule has 0 radical (unpaired) electrons. The number of benzene rings is 1. The molecular weight excluding hydrogens is 258 g/mol. The molecule has 0 saturated heterocycles. The Morgan fingerprint density at radius 1 is 1.37 bits per heavy atom. The van der Waals surface area contributed by atoms with Crippen LogP contribution in [0.1, 0.15) is 17.7 Å². The lowest BCUT2D eigenvalue weighted by Gasteiger charge is -2.03. The summed E-state index contributed by atoms with van der Waals surface area (Å²) in [5.74, 6) is 0.918. The van der Waals surface area contributed by atoms with Crippen molar-refractivity contribution >= 4 is 17.4 Å². The molecule has 1 aromatic carbocycles. The monoisotopic (exact) mass is 275 g/mol. The van der Waals surface area contributed by atoms with E-state index in [1.165, 1.54) is 11.6 Å². The summed E-state index contributed by atoms with van der Waals surface area (Å²) in [5.41, 5.74) is 8.44. The zero-order valence-corrected chi connectivity index (χ0v) is 11.7. The first-order chi connectivity index (χ1) is 9.13. The molecule has 100 valence electrons. The summed E-state index contributed by atoms with van der Waals surface area (Å²) in [6, 6.07) is 9.43. The highest BCUT2D eigenvalue weighted by molar-refractivity contribution is 7.99. The Bertz CT molecular complexity index is 610. The molecule has 1 heterocycles. The van der Waals surface area contributed by atoms with Crippen molar-refractivity contribution in [3.05, 3.63) is 51.9 Å². The molecule has 0 bridgehead atoms. The summed E-state index contributed by atoms with van der Waals surface area (Å²) in [4.78, 5) is 18.3. The maximum atomic E-state index is 11.3. The minimum Gasteiger partial charge on any atom is -0.399 e. The number of hydrogen-bond acceptors (Lipinski definition) is 4. The van der Waals surface area contributed by atoms with E-state index >= 15 is 0 Å². The van der Waals surface area contributed by atoms with Crippen LogP contribution >= 0.6 is 11.8 Å². The molecule has 19 heavy (non-hydrogen) atoms. The van der Waals surface area contributed by atoms with Crippen LogP contribution in [-0.4, -0.2) is 15.7 Å². The molecule has 0 spiro atoms. The Morgan fingerprint density at radius 3 is 2.95 bits per heavy atom. The SMILES string of the molecule is Cc1cc(=O)[nH]c(SCCCc2cccc(N)c2)n1. The number of hydrogen-bond donors (Lipinski definition) is 2. The van der Waals surface area contributed by atoms with Crippen molar-refractivity contribution in [1.82, 2.24) is 9.97 Å². The maximum Gasteiger partial charge on any atom is 0.251 e. The topological polar surface area (TPSA) is 71.8 Å². The fourth-order valence-electron chi connectivity index (χ4n) is 1.81. The van der Waals surface area contributed by atoms with E-state index in [9.17, 15) is 4.79 Å². The van der Waals surface area contributed by atoms with Crippen LogP contribution in [0.5, 0.6) is 0 Å². The van der Waals surface area contributed by atoms with Crippen LogP contribution in [-0.2, 0) is 6.42 Å². The first-order valence-electron chi connectivity index (χ1n) is 6.19. The Hall–Kier alpha value is -1.75. The van der Waals surface area contributed by atoms with E-state index in [4.69, 9.17) is 5.73 Å². The number of nitrogens with two attached hydrogens (primary N) is 1. The second-order valence-electron chi connectivity index (χ2n) is 4.39. The summed E-state index contributed by atoms with van der Waals surface area (Å²) in [7, 11) is 0. The van der Waals surface area contributed by atoms with Crippen LogP contribution in [0.25, 0.3) is 0 Å². The van der Waals surface area contributed by atoms with Crippen LogP contribution in [0, 0.1) is 6.92 Å². The van der Waals surface area contributed by atoms with E-state index in [-0.39, 0.29) is 5.56 Å². The molecule has 0 aliphatic rings. The zero-order chi connectivity index (χ0) is 13.7. The maximum absolute atomic E-state index is 11.3. The number of thioether (sulfide) groups is 1. The van der Waals surface area contributed by atoms with Gasteiger partial charge in [0, 0.05) is 23.2 Å². The molecule has 0 unspecified atom stereocenters. The van der Waals surface area contributed by atoms with Gasteiger partial charge in [-0.3, -0.25) is 4.79 Å². The van der Waals surface area contributed by atoms with Gasteiger partial charge in [-0.05, 0) is 37.5 Å². The van der Waals surface area contributed by atoms with Crippen molar-refractivity contribution < 1.29 is 0 Å². The number of nitrogens with zero attached hydrogens (tertiary/aromatic N) is 1. The number of aromatic nitrogens is 2. The van der Waals surface area contributed by atoms with Crippen molar-refractivity contribution in [2.45, 2.75) is 24.9 Å². The summed E-state index contributed by atoms with van der Waals surface area (Å²) < 4.78 is 0. The molecule has 2 aromatic rings. The van der Waals surface area contributed by atoms with Crippen LogP contribution < -0.4 is 11.3 Å². The predicted molar refractivity (Wildman–Crippen MR) is 79.5 cm³/mol. The van der Waals surface area contributed by atoms with Gasteiger partial charge in [0.2, 0.25) is 0 Å². The van der Waals surface area contributed by atoms with Crippen molar-refractivity contribution in [1.29, 1.82) is 0 Å². The quantitative estimate of drug-likeness (QED) is 0.380. The van der Waals surface area contributed by atoms with E-state index in [2.05, 4.69) is 16.0 Å². The van der Waals surface area contributed by atoms with Crippen LogP contribution in [0.2, 0.25) is 0 Å². The number of aromatic amines is 1. The molecule has 0 aliphatic carbocycles. The molecule has 5 heteroatoms. The summed E-state index contributed by atoms with van der Waals surface area (Å²) >= 11 is 1.57. The highest BCUT2D eigenvalue weighted by Crippen LogP contribution is 2.15. The average molecular weight is 275 g/mol. The second kappa shape index (κ2) is 6.43. The second-order valence-corrected chi connectivity index (χ2v) is 5.47. The molecule has 1 aromatic heterocycles. The van der Waals surface area contributed by atoms with Gasteiger partial charge in [0.25, 0.3) is 5.56 Å². The predicted octanol–water partition coefficient (Wildman–Crippen LogP) is 2.39. The fraction of sp³-hybridized carbons (Fsp3) is 0.286. The first-order valence-corrected chi connectivity index (χ1v) is 7.17.